The summed E-state index contributed by atoms with van der Waals surface area (Å²) in [5.74, 6) is 0.483. The van der Waals surface area contributed by atoms with E-state index < -0.39 is 6.61 Å². The van der Waals surface area contributed by atoms with Crippen molar-refractivity contribution in [2.45, 2.75) is 32.8 Å². The molecule has 9 nitrogen and oxygen atoms in total. The van der Waals surface area contributed by atoms with Crippen LogP contribution in [0.5, 0.6) is 5.75 Å². The number of halogens is 2. The molecule has 216 valence electrons. The first-order valence-corrected chi connectivity index (χ1v) is 13.8. The van der Waals surface area contributed by atoms with E-state index in [0.717, 1.165) is 42.1 Å². The molecule has 4 aromatic rings. The minimum atomic E-state index is -2.87. The maximum atomic E-state index is 12.7. The lowest BCUT2D eigenvalue weighted by atomic mass is 10.1. The van der Waals surface area contributed by atoms with Crippen LogP contribution in [0.25, 0.3) is 16.9 Å². The minimum Gasteiger partial charge on any atom is -0.435 e. The van der Waals surface area contributed by atoms with Crippen LogP contribution in [0.15, 0.2) is 61.1 Å². The van der Waals surface area contributed by atoms with Gasteiger partial charge in [-0.2, -0.15) is 8.78 Å². The standard InChI is InChI=1S/C30H34F2N6O3/c1-21-19-23(7-10-25(21)29(39)34-12-17-40-18-16-37-13-3-2-4-14-37)36-27-28-35-20-26(38(28)15-11-33-27)22-5-8-24(9-6-22)41-30(31)32/h5-11,15,19-20,30H,2-4,12-14,16-18H2,1H3,(H,33,36)(H,34,39). The van der Waals surface area contributed by atoms with Gasteiger partial charge in [0.15, 0.2) is 11.5 Å². The van der Waals surface area contributed by atoms with E-state index in [4.69, 9.17) is 4.74 Å². The highest BCUT2D eigenvalue weighted by Gasteiger charge is 2.14. The Kier molecular flexibility index (Phi) is 9.37. The van der Waals surface area contributed by atoms with Gasteiger partial charge in [-0.1, -0.05) is 6.42 Å². The molecule has 1 saturated heterocycles. The number of alkyl halides is 2. The van der Waals surface area contributed by atoms with E-state index in [1.807, 2.05) is 23.5 Å². The highest BCUT2D eigenvalue weighted by Crippen LogP contribution is 2.27. The van der Waals surface area contributed by atoms with Crippen LogP contribution < -0.4 is 15.4 Å². The number of hydrogen-bond acceptors (Lipinski definition) is 7. The predicted molar refractivity (Wildman–Crippen MR) is 153 cm³/mol. The van der Waals surface area contributed by atoms with Crippen molar-refractivity contribution in [1.82, 2.24) is 24.6 Å². The normalized spacial score (nSPS) is 14.0. The highest BCUT2D eigenvalue weighted by atomic mass is 19.3. The van der Waals surface area contributed by atoms with E-state index in [-0.39, 0.29) is 11.7 Å². The van der Waals surface area contributed by atoms with E-state index in [1.54, 1.807) is 36.8 Å². The number of likely N-dealkylation sites (tertiary alicyclic amines) is 1. The zero-order chi connectivity index (χ0) is 28.6. The number of anilines is 2. The van der Waals surface area contributed by atoms with E-state index in [2.05, 4.69) is 30.2 Å². The average molecular weight is 565 g/mol. The fourth-order valence-electron chi connectivity index (χ4n) is 4.97. The topological polar surface area (TPSA) is 93.0 Å². The number of rotatable bonds is 12. The van der Waals surface area contributed by atoms with Gasteiger partial charge >= 0.3 is 6.61 Å². The minimum absolute atomic E-state index is 0.0886. The summed E-state index contributed by atoms with van der Waals surface area (Å²) in [6.45, 7) is 3.86. The molecule has 0 radical (unpaired) electrons. The Morgan fingerprint density at radius 2 is 1.85 bits per heavy atom. The summed E-state index contributed by atoms with van der Waals surface area (Å²) in [6.07, 6.45) is 8.98. The van der Waals surface area contributed by atoms with E-state index >= 15 is 0 Å². The Morgan fingerprint density at radius 1 is 1.05 bits per heavy atom. The number of benzene rings is 2. The molecule has 1 aliphatic heterocycles. The summed E-state index contributed by atoms with van der Waals surface area (Å²) in [6, 6.07) is 11.9. The molecule has 0 unspecified atom stereocenters. The molecule has 0 spiro atoms. The van der Waals surface area contributed by atoms with Crippen molar-refractivity contribution in [3.05, 3.63) is 72.2 Å². The number of carbonyl (C=O) groups is 1. The number of imidazole rings is 1. The number of carbonyl (C=O) groups excluding carboxylic acids is 1. The Labute approximate surface area is 237 Å². The van der Waals surface area contributed by atoms with Crippen LogP contribution in [0.3, 0.4) is 0 Å². The predicted octanol–water partition coefficient (Wildman–Crippen LogP) is 5.28. The second kappa shape index (κ2) is 13.5. The molecule has 5 rings (SSSR count). The van der Waals surface area contributed by atoms with Crippen molar-refractivity contribution in [3.63, 3.8) is 0 Å². The molecule has 0 saturated carbocycles. The number of aromatic nitrogens is 3. The zero-order valence-electron chi connectivity index (χ0n) is 23.0. The summed E-state index contributed by atoms with van der Waals surface area (Å²) in [7, 11) is 0. The van der Waals surface area contributed by atoms with E-state index in [9.17, 15) is 13.6 Å². The number of fused-ring (bicyclic) bond motifs is 1. The zero-order valence-corrected chi connectivity index (χ0v) is 23.0. The van der Waals surface area contributed by atoms with Crippen molar-refractivity contribution >= 4 is 23.1 Å². The smallest absolute Gasteiger partial charge is 0.387 e. The van der Waals surface area contributed by atoms with Crippen LogP contribution >= 0.6 is 0 Å². The lowest BCUT2D eigenvalue weighted by Gasteiger charge is -2.26. The van der Waals surface area contributed by atoms with Crippen molar-refractivity contribution in [3.8, 4) is 17.0 Å². The molecule has 0 bridgehead atoms. The molecular formula is C30H34F2N6O3. The van der Waals surface area contributed by atoms with Gasteiger partial charge in [0.05, 0.1) is 25.1 Å². The quantitative estimate of drug-likeness (QED) is 0.226. The maximum absolute atomic E-state index is 12.7. The van der Waals surface area contributed by atoms with E-state index in [0.29, 0.717) is 36.8 Å². The van der Waals surface area contributed by atoms with Crippen LogP contribution in [0.2, 0.25) is 0 Å². The van der Waals surface area contributed by atoms with Crippen molar-refractivity contribution in [2.24, 2.45) is 0 Å². The Bertz CT molecular complexity index is 1450. The van der Waals surface area contributed by atoms with E-state index in [1.165, 1.54) is 31.4 Å². The summed E-state index contributed by atoms with van der Waals surface area (Å²) in [5.41, 5.74) is 4.33. The summed E-state index contributed by atoms with van der Waals surface area (Å²) in [4.78, 5) is 24.1. The molecule has 2 aromatic heterocycles. The van der Waals surface area contributed by atoms with Gasteiger partial charge in [0, 0.05) is 42.3 Å². The molecular weight excluding hydrogens is 530 g/mol. The SMILES string of the molecule is Cc1cc(Nc2nccn3c(-c4ccc(OC(F)F)cc4)cnc23)ccc1C(=O)NCCOCCN1CCCCC1. The Balaban J connectivity index is 1.17. The van der Waals surface area contributed by atoms with Gasteiger partial charge in [-0.05, 0) is 80.9 Å². The number of ether oxygens (including phenoxy) is 2. The Hall–Kier alpha value is -4.09. The van der Waals surface area contributed by atoms with Crippen LogP contribution in [0.1, 0.15) is 35.2 Å². The number of hydrogen-bond donors (Lipinski definition) is 2. The highest BCUT2D eigenvalue weighted by molar-refractivity contribution is 5.96. The van der Waals surface area contributed by atoms with Gasteiger partial charge in [-0.15, -0.1) is 0 Å². The second-order valence-corrected chi connectivity index (χ2v) is 9.94. The maximum Gasteiger partial charge on any atom is 0.387 e. The van der Waals surface area contributed by atoms with Gasteiger partial charge < -0.3 is 25.0 Å². The molecule has 1 aliphatic rings. The summed E-state index contributed by atoms with van der Waals surface area (Å²) < 4.78 is 37.0. The van der Waals surface area contributed by atoms with Crippen LogP contribution in [-0.2, 0) is 4.74 Å². The number of nitrogens with zero attached hydrogens (tertiary/aromatic N) is 4. The van der Waals surface area contributed by atoms with Gasteiger partial charge in [-0.25, -0.2) is 9.97 Å². The van der Waals surface area contributed by atoms with Gasteiger partial charge in [0.1, 0.15) is 5.75 Å². The van der Waals surface area contributed by atoms with Crippen molar-refractivity contribution in [2.75, 3.05) is 44.7 Å². The summed E-state index contributed by atoms with van der Waals surface area (Å²) >= 11 is 0. The second-order valence-electron chi connectivity index (χ2n) is 9.94. The monoisotopic (exact) mass is 564 g/mol. The lowest BCUT2D eigenvalue weighted by molar-refractivity contribution is -0.0498. The first-order valence-electron chi connectivity index (χ1n) is 13.8. The van der Waals surface area contributed by atoms with Crippen LogP contribution in [0, 0.1) is 6.92 Å². The third-order valence-electron chi connectivity index (χ3n) is 7.07. The molecule has 11 heteroatoms. The fourth-order valence-corrected chi connectivity index (χ4v) is 4.97. The van der Waals surface area contributed by atoms with Gasteiger partial charge in [-0.3, -0.25) is 9.20 Å². The first kappa shape index (κ1) is 28.4. The molecule has 3 heterocycles. The molecule has 41 heavy (non-hydrogen) atoms. The lowest BCUT2D eigenvalue weighted by Crippen LogP contribution is -2.33. The molecule has 0 aliphatic carbocycles. The molecule has 2 aromatic carbocycles. The Morgan fingerprint density at radius 3 is 2.61 bits per heavy atom. The van der Waals surface area contributed by atoms with Gasteiger partial charge in [0.25, 0.3) is 5.91 Å². The van der Waals surface area contributed by atoms with Crippen LogP contribution in [0.4, 0.5) is 20.3 Å². The number of piperidine rings is 1. The largest absolute Gasteiger partial charge is 0.435 e. The summed E-state index contributed by atoms with van der Waals surface area (Å²) in [5, 5.41) is 6.22. The van der Waals surface area contributed by atoms with Gasteiger partial charge in [0.2, 0.25) is 0 Å². The first-order chi connectivity index (χ1) is 20.0. The number of amides is 1. The fraction of sp³-hybridized carbons (Fsp3) is 0.367. The van der Waals surface area contributed by atoms with Crippen molar-refractivity contribution < 1.29 is 23.0 Å². The number of nitrogens with one attached hydrogen (secondary N) is 2. The van der Waals surface area contributed by atoms with Crippen molar-refractivity contribution in [1.29, 1.82) is 0 Å². The third kappa shape index (κ3) is 7.36. The third-order valence-corrected chi connectivity index (χ3v) is 7.07. The van der Waals surface area contributed by atoms with Crippen LogP contribution in [-0.4, -0.2) is 71.2 Å². The number of aryl methyl sites for hydroxylation is 1. The molecule has 1 fully saturated rings. The average Bonchev–Trinajstić information content (AvgIpc) is 3.41. The molecule has 1 amide bonds. The molecule has 2 N–H and O–H groups in total. The molecule has 0 atom stereocenters.